The van der Waals surface area contributed by atoms with Crippen LogP contribution >= 0.6 is 0 Å². The zero-order valence-corrected chi connectivity index (χ0v) is 7.68. The minimum Gasteiger partial charge on any atom is -0.0651 e. The van der Waals surface area contributed by atoms with E-state index in [-0.39, 0.29) is 0 Å². The summed E-state index contributed by atoms with van der Waals surface area (Å²) in [6.45, 7) is 2.38. The largest absolute Gasteiger partial charge is 0.0651 e. The van der Waals surface area contributed by atoms with Crippen molar-refractivity contribution in [2.24, 2.45) is 17.8 Å². The van der Waals surface area contributed by atoms with Gasteiger partial charge in [0, 0.05) is 0 Å². The van der Waals surface area contributed by atoms with Crippen molar-refractivity contribution in [2.75, 3.05) is 0 Å². The lowest BCUT2D eigenvalue weighted by atomic mass is 9.59. The fraction of sp³-hybridized carbons (Fsp3) is 1.00. The van der Waals surface area contributed by atoms with Crippen LogP contribution in [-0.4, -0.2) is 0 Å². The van der Waals surface area contributed by atoms with Crippen LogP contribution in [0.3, 0.4) is 0 Å². The molecule has 0 nitrogen and oxygen atoms in total. The zero-order valence-electron chi connectivity index (χ0n) is 7.68. The Bertz CT molecular complexity index is 112. The molecule has 0 amide bonds. The van der Waals surface area contributed by atoms with Gasteiger partial charge >= 0.3 is 0 Å². The molecule has 3 aliphatic rings. The van der Waals surface area contributed by atoms with Gasteiger partial charge in [0.15, 0.2) is 0 Å². The second-order valence-electron chi connectivity index (χ2n) is 4.47. The Kier molecular flexibility index (Phi) is 2.20. The van der Waals surface area contributed by atoms with E-state index in [4.69, 9.17) is 0 Å². The van der Waals surface area contributed by atoms with Crippen LogP contribution in [0, 0.1) is 17.8 Å². The van der Waals surface area contributed by atoms with Crippen LogP contribution in [0.1, 0.15) is 51.9 Å². The molecule has 0 heteroatoms. The summed E-state index contributed by atoms with van der Waals surface area (Å²) in [6, 6.07) is 0. The van der Waals surface area contributed by atoms with E-state index in [1.807, 2.05) is 0 Å². The first-order chi connectivity index (χ1) is 5.42. The average Bonchev–Trinajstić information content (AvgIpc) is 1.82. The average molecular weight is 152 g/mol. The highest BCUT2D eigenvalue weighted by atomic mass is 14.4. The molecule has 0 aromatic carbocycles. The van der Waals surface area contributed by atoms with Crippen LogP contribution in [-0.2, 0) is 0 Å². The first-order valence-electron chi connectivity index (χ1n) is 5.42. The first-order valence-corrected chi connectivity index (χ1v) is 5.42. The number of hydrogen-bond acceptors (Lipinski definition) is 0. The van der Waals surface area contributed by atoms with Crippen molar-refractivity contribution < 1.29 is 0 Å². The Hall–Kier alpha value is 0. The summed E-state index contributed by atoms with van der Waals surface area (Å²) < 4.78 is 0. The minimum atomic E-state index is 1.13. The number of rotatable bonds is 1. The van der Waals surface area contributed by atoms with E-state index in [0.29, 0.717) is 0 Å². The third-order valence-corrected chi connectivity index (χ3v) is 3.94. The van der Waals surface area contributed by atoms with E-state index in [1.54, 1.807) is 19.3 Å². The Morgan fingerprint density at radius 1 is 1.00 bits per heavy atom. The fourth-order valence-corrected chi connectivity index (χ4v) is 3.25. The highest BCUT2D eigenvalue weighted by molar-refractivity contribution is 4.89. The molecule has 0 N–H and O–H groups in total. The maximum Gasteiger partial charge on any atom is -0.0360 e. The fourth-order valence-electron chi connectivity index (χ4n) is 3.25. The second kappa shape index (κ2) is 3.16. The quantitative estimate of drug-likeness (QED) is 0.538. The van der Waals surface area contributed by atoms with Gasteiger partial charge < -0.3 is 0 Å². The standard InChI is InChI=1S/C11H20/c1-2-11-9-6-4-3-5-7-10(11)8-9/h9-11H,2-8H2,1H3. The normalized spacial score (nSPS) is 43.9. The van der Waals surface area contributed by atoms with Gasteiger partial charge in [-0.25, -0.2) is 0 Å². The summed E-state index contributed by atoms with van der Waals surface area (Å²) in [7, 11) is 0. The zero-order chi connectivity index (χ0) is 7.68. The van der Waals surface area contributed by atoms with E-state index < -0.39 is 0 Å². The molecule has 3 saturated carbocycles. The van der Waals surface area contributed by atoms with Crippen molar-refractivity contribution in [2.45, 2.75) is 51.9 Å². The number of fused-ring (bicyclic) bond motifs is 4. The molecule has 0 aromatic heterocycles. The van der Waals surface area contributed by atoms with Crippen molar-refractivity contribution in [1.29, 1.82) is 0 Å². The topological polar surface area (TPSA) is 0 Å². The molecule has 11 heavy (non-hydrogen) atoms. The molecule has 64 valence electrons. The van der Waals surface area contributed by atoms with Gasteiger partial charge in [-0.2, -0.15) is 0 Å². The van der Waals surface area contributed by atoms with Crippen LogP contribution in [0.25, 0.3) is 0 Å². The van der Waals surface area contributed by atoms with Gasteiger partial charge in [0.2, 0.25) is 0 Å². The van der Waals surface area contributed by atoms with Gasteiger partial charge in [0.1, 0.15) is 0 Å². The molecule has 2 atom stereocenters. The summed E-state index contributed by atoms with van der Waals surface area (Å²) in [5.41, 5.74) is 0. The second-order valence-corrected chi connectivity index (χ2v) is 4.47. The summed E-state index contributed by atoms with van der Waals surface area (Å²) in [5, 5.41) is 0. The summed E-state index contributed by atoms with van der Waals surface area (Å²) >= 11 is 0. The van der Waals surface area contributed by atoms with Crippen molar-refractivity contribution in [3.8, 4) is 0 Å². The van der Waals surface area contributed by atoms with Crippen molar-refractivity contribution in [3.05, 3.63) is 0 Å². The molecule has 2 bridgehead atoms. The van der Waals surface area contributed by atoms with Crippen LogP contribution in [0.5, 0.6) is 0 Å². The highest BCUT2D eigenvalue weighted by Gasteiger charge is 2.39. The first kappa shape index (κ1) is 7.64. The van der Waals surface area contributed by atoms with Crippen LogP contribution in [0.2, 0.25) is 0 Å². The molecule has 0 saturated heterocycles. The van der Waals surface area contributed by atoms with E-state index in [0.717, 1.165) is 17.8 Å². The lowest BCUT2D eigenvalue weighted by molar-refractivity contribution is 0.0389. The van der Waals surface area contributed by atoms with E-state index >= 15 is 0 Å². The summed E-state index contributed by atoms with van der Waals surface area (Å²) in [4.78, 5) is 0. The van der Waals surface area contributed by atoms with Gasteiger partial charge in [-0.3, -0.25) is 0 Å². The molecule has 0 aliphatic heterocycles. The van der Waals surface area contributed by atoms with Crippen molar-refractivity contribution in [1.82, 2.24) is 0 Å². The molecule has 0 spiro atoms. The summed E-state index contributed by atoms with van der Waals surface area (Å²) in [5.74, 6) is 3.42. The van der Waals surface area contributed by atoms with Crippen LogP contribution in [0.4, 0.5) is 0 Å². The molecule has 2 unspecified atom stereocenters. The highest BCUT2D eigenvalue weighted by Crippen LogP contribution is 2.49. The molecular formula is C11H20. The van der Waals surface area contributed by atoms with Gasteiger partial charge in [-0.1, -0.05) is 45.4 Å². The molecule has 0 radical (unpaired) electrons. The molecule has 3 fully saturated rings. The molecule has 0 heterocycles. The molecule has 0 aromatic rings. The third kappa shape index (κ3) is 1.32. The minimum absolute atomic E-state index is 1.13. The van der Waals surface area contributed by atoms with Crippen LogP contribution in [0.15, 0.2) is 0 Å². The van der Waals surface area contributed by atoms with E-state index in [2.05, 4.69) is 6.92 Å². The van der Waals surface area contributed by atoms with Gasteiger partial charge in [-0.05, 0) is 24.2 Å². The maximum atomic E-state index is 2.38. The van der Waals surface area contributed by atoms with E-state index in [9.17, 15) is 0 Å². The van der Waals surface area contributed by atoms with Gasteiger partial charge in [0.25, 0.3) is 0 Å². The Morgan fingerprint density at radius 2 is 1.64 bits per heavy atom. The predicted molar refractivity (Wildman–Crippen MR) is 48.5 cm³/mol. The Morgan fingerprint density at radius 3 is 2.18 bits per heavy atom. The lowest BCUT2D eigenvalue weighted by Gasteiger charge is -2.46. The Labute approximate surface area is 70.4 Å². The Balaban J connectivity index is 1.92. The van der Waals surface area contributed by atoms with E-state index in [1.165, 1.54) is 25.7 Å². The van der Waals surface area contributed by atoms with Crippen LogP contribution < -0.4 is 0 Å². The summed E-state index contributed by atoms with van der Waals surface area (Å²) in [6.07, 6.45) is 10.7. The monoisotopic (exact) mass is 152 g/mol. The molecular weight excluding hydrogens is 132 g/mol. The van der Waals surface area contributed by atoms with Gasteiger partial charge in [-0.15, -0.1) is 0 Å². The van der Waals surface area contributed by atoms with Gasteiger partial charge in [0.05, 0.1) is 0 Å². The number of hydrogen-bond donors (Lipinski definition) is 0. The molecule has 3 rings (SSSR count). The predicted octanol–water partition coefficient (Wildman–Crippen LogP) is 3.61. The van der Waals surface area contributed by atoms with Crippen molar-refractivity contribution >= 4 is 0 Å². The third-order valence-electron chi connectivity index (χ3n) is 3.94. The van der Waals surface area contributed by atoms with Crippen molar-refractivity contribution in [3.63, 3.8) is 0 Å². The SMILES string of the molecule is CCC1C2CCCCCC1C2. The smallest absolute Gasteiger partial charge is 0.0360 e. The lowest BCUT2D eigenvalue weighted by Crippen LogP contribution is -2.37. The maximum absolute atomic E-state index is 2.38. The molecule has 3 aliphatic carbocycles.